The van der Waals surface area contributed by atoms with Gasteiger partial charge >= 0.3 is 55.3 Å². The minimum absolute atomic E-state index is 0.0459. The molecule has 0 unspecified atom stereocenters. The van der Waals surface area contributed by atoms with E-state index >= 15 is 0 Å². The van der Waals surface area contributed by atoms with Crippen LogP contribution >= 0.6 is 0 Å². The van der Waals surface area contributed by atoms with Crippen molar-refractivity contribution in [3.05, 3.63) is 40.8 Å². The molecule has 2 aliphatic rings. The van der Waals surface area contributed by atoms with Crippen LogP contribution in [0.15, 0.2) is 21.7 Å². The summed E-state index contributed by atoms with van der Waals surface area (Å²) in [5, 5.41) is 0. The molecule has 0 saturated heterocycles. The quantitative estimate of drug-likeness (QED) is 0.496. The molecule has 0 spiro atoms. The van der Waals surface area contributed by atoms with E-state index in [0.717, 1.165) is 8.19 Å². The SMILES string of the molecule is O=c1ccc(=O)c2[se]c1=2. The second-order valence-corrected chi connectivity index (χ2v) is 3.96. The zero-order valence-electron chi connectivity index (χ0n) is 4.38. The van der Waals surface area contributed by atoms with Gasteiger partial charge in [-0.05, 0) is 0 Å². The van der Waals surface area contributed by atoms with Gasteiger partial charge in [-0.1, -0.05) is 0 Å². The van der Waals surface area contributed by atoms with Gasteiger partial charge in [-0.2, -0.15) is 0 Å². The molecule has 9 heavy (non-hydrogen) atoms. The minimum atomic E-state index is 0.0459. The van der Waals surface area contributed by atoms with Crippen LogP contribution in [-0.2, 0) is 0 Å². The Kier molecular flexibility index (Phi) is 0.821. The monoisotopic (exact) mass is 186 g/mol. The Hall–Kier alpha value is -0.661. The van der Waals surface area contributed by atoms with E-state index in [1.165, 1.54) is 12.1 Å². The van der Waals surface area contributed by atoms with Gasteiger partial charge < -0.3 is 0 Å². The molecule has 1 aliphatic carbocycles. The van der Waals surface area contributed by atoms with Gasteiger partial charge in [0.15, 0.2) is 0 Å². The predicted molar refractivity (Wildman–Crippen MR) is 33.6 cm³/mol. The van der Waals surface area contributed by atoms with E-state index in [2.05, 4.69) is 0 Å². The summed E-state index contributed by atoms with van der Waals surface area (Å²) in [5.41, 5.74) is 0.0919. The van der Waals surface area contributed by atoms with E-state index in [1.54, 1.807) is 0 Å². The normalized spacial score (nSPS) is 11.1. The second-order valence-electron chi connectivity index (χ2n) is 1.82. The van der Waals surface area contributed by atoms with Gasteiger partial charge in [-0.25, -0.2) is 0 Å². The fourth-order valence-corrected chi connectivity index (χ4v) is 2.15. The van der Waals surface area contributed by atoms with Gasteiger partial charge in [-0.3, -0.25) is 0 Å². The Morgan fingerprint density at radius 1 is 1.00 bits per heavy atom. The van der Waals surface area contributed by atoms with Gasteiger partial charge in [0.2, 0.25) is 0 Å². The fraction of sp³-hybridized carbons (Fsp3) is 0. The molecule has 0 radical (unpaired) electrons. The topological polar surface area (TPSA) is 34.1 Å². The third-order valence-electron chi connectivity index (χ3n) is 1.20. The zero-order chi connectivity index (χ0) is 6.43. The Bertz CT molecular complexity index is 416. The molecule has 3 heteroatoms. The summed E-state index contributed by atoms with van der Waals surface area (Å²) < 4.78 is 1.57. The van der Waals surface area contributed by atoms with Crippen molar-refractivity contribution >= 4 is 14.5 Å². The van der Waals surface area contributed by atoms with E-state index in [-0.39, 0.29) is 25.4 Å². The van der Waals surface area contributed by atoms with E-state index < -0.39 is 0 Å². The average molecular weight is 185 g/mol. The van der Waals surface area contributed by atoms with Gasteiger partial charge in [0.1, 0.15) is 0 Å². The van der Waals surface area contributed by atoms with Crippen LogP contribution in [0, 0.1) is 8.19 Å². The molecule has 0 aromatic rings. The zero-order valence-corrected chi connectivity index (χ0v) is 6.09. The van der Waals surface area contributed by atoms with Gasteiger partial charge in [0.25, 0.3) is 0 Å². The Labute approximate surface area is 55.8 Å². The van der Waals surface area contributed by atoms with Crippen LogP contribution in [-0.4, -0.2) is 14.5 Å². The van der Waals surface area contributed by atoms with Crippen molar-refractivity contribution in [2.75, 3.05) is 0 Å². The molecule has 0 bridgehead atoms. The Morgan fingerprint density at radius 2 is 1.44 bits per heavy atom. The molecule has 2 rings (SSSR count). The van der Waals surface area contributed by atoms with Crippen molar-refractivity contribution < 1.29 is 0 Å². The van der Waals surface area contributed by atoms with Gasteiger partial charge in [-0.15, -0.1) is 0 Å². The summed E-state index contributed by atoms with van der Waals surface area (Å²) in [5.74, 6) is 0. The summed E-state index contributed by atoms with van der Waals surface area (Å²) >= 11 is 0.137. The van der Waals surface area contributed by atoms with E-state index in [0.29, 0.717) is 0 Å². The van der Waals surface area contributed by atoms with Crippen LogP contribution in [0.25, 0.3) is 0 Å². The summed E-state index contributed by atoms with van der Waals surface area (Å²) in [4.78, 5) is 21.4. The van der Waals surface area contributed by atoms with Crippen molar-refractivity contribution in [3.8, 4) is 0 Å². The maximum absolute atomic E-state index is 10.7. The van der Waals surface area contributed by atoms with Crippen LogP contribution in [0.1, 0.15) is 0 Å². The van der Waals surface area contributed by atoms with Crippen molar-refractivity contribution in [2.45, 2.75) is 0 Å². The first kappa shape index (κ1) is 5.15. The molecule has 0 saturated carbocycles. The van der Waals surface area contributed by atoms with Crippen LogP contribution in [0.3, 0.4) is 0 Å². The number of rotatable bonds is 0. The van der Waals surface area contributed by atoms with Crippen LogP contribution in [0.2, 0.25) is 0 Å². The molecule has 44 valence electrons. The fourth-order valence-electron chi connectivity index (χ4n) is 0.704. The molecule has 0 N–H and O–H groups in total. The second kappa shape index (κ2) is 1.43. The number of hydrogen-bond donors (Lipinski definition) is 0. The van der Waals surface area contributed by atoms with Crippen molar-refractivity contribution in [3.63, 3.8) is 0 Å². The van der Waals surface area contributed by atoms with Gasteiger partial charge in [0.05, 0.1) is 0 Å². The summed E-state index contributed by atoms with van der Waals surface area (Å²) in [6.45, 7) is 0. The van der Waals surface area contributed by atoms with Crippen molar-refractivity contribution in [1.29, 1.82) is 0 Å². The molecule has 1 heterocycles. The third kappa shape index (κ3) is 0.622. The molecule has 0 aromatic carbocycles. The maximum atomic E-state index is 10.7. The number of hydrogen-bond acceptors (Lipinski definition) is 2. The van der Waals surface area contributed by atoms with Crippen LogP contribution in [0.5, 0.6) is 0 Å². The molecule has 0 amide bonds. The van der Waals surface area contributed by atoms with E-state index in [1.807, 2.05) is 0 Å². The third-order valence-corrected chi connectivity index (χ3v) is 3.33. The molecule has 1 aliphatic heterocycles. The van der Waals surface area contributed by atoms with Crippen molar-refractivity contribution in [1.82, 2.24) is 0 Å². The Morgan fingerprint density at radius 3 is 1.89 bits per heavy atom. The standard InChI is InChI=1S/C6H2O2Se/c7-3-1-2-4(8)6-5(3)9-6/h1-2H. The predicted octanol–water partition coefficient (Wildman–Crippen LogP) is -0.936. The molecular formula is C6H2O2Se. The van der Waals surface area contributed by atoms with E-state index in [4.69, 9.17) is 0 Å². The van der Waals surface area contributed by atoms with Crippen molar-refractivity contribution in [2.24, 2.45) is 0 Å². The van der Waals surface area contributed by atoms with Crippen LogP contribution in [0.4, 0.5) is 0 Å². The summed E-state index contributed by atoms with van der Waals surface area (Å²) in [6.07, 6.45) is 0. The first-order valence-corrected chi connectivity index (χ1v) is 4.19. The molecular weight excluding hydrogens is 183 g/mol. The van der Waals surface area contributed by atoms with Crippen LogP contribution < -0.4 is 10.9 Å². The Balaban J connectivity index is 3.27. The molecule has 0 atom stereocenters. The first-order chi connectivity index (χ1) is 4.29. The molecule has 0 fully saturated rings. The van der Waals surface area contributed by atoms with Gasteiger partial charge in [0, 0.05) is 0 Å². The molecule has 2 nitrogen and oxygen atoms in total. The summed E-state index contributed by atoms with van der Waals surface area (Å²) in [7, 11) is 0. The summed E-state index contributed by atoms with van der Waals surface area (Å²) in [6, 6.07) is 2.71. The first-order valence-electron chi connectivity index (χ1n) is 2.48. The molecule has 0 aromatic heterocycles. The van der Waals surface area contributed by atoms with E-state index in [9.17, 15) is 9.59 Å². The average Bonchev–Trinajstić information content (AvgIpc) is 2.57.